The number of nitriles is 1. The smallest absolute Gasteiger partial charge is 0.122 e. The molecule has 2 N–H and O–H groups in total. The Morgan fingerprint density at radius 3 is 2.89 bits per heavy atom. The van der Waals surface area contributed by atoms with Crippen molar-refractivity contribution >= 4 is 12.0 Å². The molecule has 1 saturated carbocycles. The van der Waals surface area contributed by atoms with Gasteiger partial charge in [0.2, 0.25) is 0 Å². The Bertz CT molecular complexity index is 873. The van der Waals surface area contributed by atoms with Gasteiger partial charge in [0, 0.05) is 36.5 Å². The largest absolute Gasteiger partial charge is 0.378 e. The van der Waals surface area contributed by atoms with Crippen LogP contribution in [0.3, 0.4) is 0 Å². The zero-order valence-electron chi connectivity index (χ0n) is 15.8. The van der Waals surface area contributed by atoms with Gasteiger partial charge >= 0.3 is 0 Å². The lowest BCUT2D eigenvalue weighted by atomic mass is 10.1. The first-order valence-corrected chi connectivity index (χ1v) is 9.18. The molecule has 1 aromatic carbocycles. The van der Waals surface area contributed by atoms with Gasteiger partial charge in [0.15, 0.2) is 0 Å². The average molecular weight is 363 g/mol. The molecule has 4 rings (SSSR count). The highest BCUT2D eigenvalue weighted by molar-refractivity contribution is 5.60. The summed E-state index contributed by atoms with van der Waals surface area (Å²) in [6.07, 6.45) is 12.7. The number of anilines is 1. The fourth-order valence-electron chi connectivity index (χ4n) is 3.30. The van der Waals surface area contributed by atoms with E-state index in [0.29, 0.717) is 12.0 Å². The minimum Gasteiger partial charge on any atom is -0.378 e. The van der Waals surface area contributed by atoms with Crippen LogP contribution in [0.25, 0.3) is 0 Å². The van der Waals surface area contributed by atoms with E-state index in [1.54, 1.807) is 6.07 Å². The molecule has 1 unspecified atom stereocenters. The van der Waals surface area contributed by atoms with Crippen LogP contribution in [0.2, 0.25) is 0 Å². The number of benzene rings is 1. The Balaban J connectivity index is 0.000000166. The van der Waals surface area contributed by atoms with Crippen LogP contribution in [0.15, 0.2) is 42.7 Å². The van der Waals surface area contributed by atoms with Gasteiger partial charge in [-0.1, -0.05) is 12.2 Å². The maximum Gasteiger partial charge on any atom is 0.122 e. The highest BCUT2D eigenvalue weighted by Gasteiger charge is 2.43. The Morgan fingerprint density at radius 2 is 2.30 bits per heavy atom. The molecule has 2 heterocycles. The zero-order valence-corrected chi connectivity index (χ0v) is 15.8. The first-order valence-electron chi connectivity index (χ1n) is 9.18. The van der Waals surface area contributed by atoms with E-state index < -0.39 is 0 Å². The van der Waals surface area contributed by atoms with Gasteiger partial charge in [-0.25, -0.2) is 0 Å². The van der Waals surface area contributed by atoms with Crippen molar-refractivity contribution in [1.82, 2.24) is 15.1 Å². The van der Waals surface area contributed by atoms with Gasteiger partial charge in [-0.2, -0.15) is 10.4 Å². The number of hydrogen-bond donors (Lipinski definition) is 2. The summed E-state index contributed by atoms with van der Waals surface area (Å²) < 4.78 is 1.85. The third-order valence-electron chi connectivity index (χ3n) is 5.12. The Morgan fingerprint density at radius 1 is 1.48 bits per heavy atom. The molecule has 27 heavy (non-hydrogen) atoms. The van der Waals surface area contributed by atoms with Crippen LogP contribution in [0, 0.1) is 11.3 Å². The molecule has 1 atom stereocenters. The monoisotopic (exact) mass is 363 g/mol. The van der Waals surface area contributed by atoms with Gasteiger partial charge in [-0.3, -0.25) is 4.68 Å². The van der Waals surface area contributed by atoms with E-state index in [1.165, 1.54) is 18.4 Å². The second-order valence-electron chi connectivity index (χ2n) is 7.00. The number of allylic oxidation sites excluding steroid dienone is 1. The van der Waals surface area contributed by atoms with Gasteiger partial charge in [0.05, 0.1) is 23.9 Å². The van der Waals surface area contributed by atoms with E-state index in [0.717, 1.165) is 24.0 Å². The molecule has 1 aliphatic carbocycles. The Hall–Kier alpha value is -2.91. The van der Waals surface area contributed by atoms with Gasteiger partial charge in [0.1, 0.15) is 6.29 Å². The summed E-state index contributed by atoms with van der Waals surface area (Å²) in [5.41, 5.74) is 4.37. The number of nitrogens with one attached hydrogen (secondary N) is 2. The number of rotatable bonds is 4. The quantitative estimate of drug-likeness (QED) is 0.645. The van der Waals surface area contributed by atoms with Crippen molar-refractivity contribution in [2.24, 2.45) is 7.05 Å². The Kier molecular flexibility index (Phi) is 5.72. The van der Waals surface area contributed by atoms with Crippen molar-refractivity contribution in [3.63, 3.8) is 0 Å². The fourth-order valence-corrected chi connectivity index (χ4v) is 3.30. The number of aryl methyl sites for hydroxylation is 1. The third-order valence-corrected chi connectivity index (χ3v) is 5.12. The molecule has 6 heteroatoms. The summed E-state index contributed by atoms with van der Waals surface area (Å²) in [4.78, 5) is 10.5. The van der Waals surface area contributed by atoms with Crippen molar-refractivity contribution in [2.75, 3.05) is 12.4 Å². The number of carbonyl (C=O) groups is 1. The van der Waals surface area contributed by atoms with E-state index in [4.69, 9.17) is 5.26 Å². The van der Waals surface area contributed by atoms with Crippen LogP contribution < -0.4 is 10.6 Å². The lowest BCUT2D eigenvalue weighted by molar-refractivity contribution is -0.107. The molecule has 140 valence electrons. The number of carbonyl (C=O) groups excluding carboxylic acids is 1. The van der Waals surface area contributed by atoms with Gasteiger partial charge in [-0.15, -0.1) is 0 Å². The highest BCUT2D eigenvalue weighted by atomic mass is 16.1. The maximum atomic E-state index is 10.5. The second-order valence-corrected chi connectivity index (χ2v) is 7.00. The molecule has 1 fully saturated rings. The van der Waals surface area contributed by atoms with E-state index in [1.807, 2.05) is 49.3 Å². The summed E-state index contributed by atoms with van der Waals surface area (Å²) in [6, 6.07) is 7.76. The number of fused-ring (bicyclic) bond motifs is 1. The maximum absolute atomic E-state index is 10.5. The second kappa shape index (κ2) is 8.19. The standard InChI is InChI=1S/C13H12N2O.C8H13N3/c14-9-10-4-5-13-11(8-10)2-1-3-12(15-13)6-7-16;1-9-8(3-4-8)7-5-10-11(2)6-7/h1,3-5,7-8,12,15H,2,6H2;5-6,9H,3-4H2,1-2H3. The van der Waals surface area contributed by atoms with E-state index in [9.17, 15) is 4.79 Å². The highest BCUT2D eigenvalue weighted by Crippen LogP contribution is 2.44. The number of aldehydes is 1. The summed E-state index contributed by atoms with van der Waals surface area (Å²) in [6.45, 7) is 0. The molecule has 1 aromatic heterocycles. The first kappa shape index (κ1) is 18.9. The van der Waals surface area contributed by atoms with Gasteiger partial charge < -0.3 is 15.4 Å². The molecule has 0 bridgehead atoms. The molecule has 6 nitrogen and oxygen atoms in total. The Labute approximate surface area is 159 Å². The molecule has 0 radical (unpaired) electrons. The molecule has 2 aliphatic rings. The summed E-state index contributed by atoms with van der Waals surface area (Å²) in [5.74, 6) is 0. The van der Waals surface area contributed by atoms with Gasteiger partial charge in [0.25, 0.3) is 0 Å². The van der Waals surface area contributed by atoms with Crippen molar-refractivity contribution < 1.29 is 4.79 Å². The SMILES string of the molecule is CNC1(c2cnn(C)c2)CC1.N#Cc1ccc2c(c1)CC=CC(CC=O)N2. The lowest BCUT2D eigenvalue weighted by Gasteiger charge is -2.14. The topological polar surface area (TPSA) is 82.7 Å². The third kappa shape index (κ3) is 4.44. The van der Waals surface area contributed by atoms with Crippen LogP contribution in [0.5, 0.6) is 0 Å². The number of hydrogen-bond acceptors (Lipinski definition) is 5. The minimum absolute atomic E-state index is 0.0617. The van der Waals surface area contributed by atoms with E-state index in [-0.39, 0.29) is 11.6 Å². The predicted molar refractivity (Wildman–Crippen MR) is 105 cm³/mol. The zero-order chi connectivity index (χ0) is 19.3. The van der Waals surface area contributed by atoms with Crippen molar-refractivity contribution in [2.45, 2.75) is 37.3 Å². The molecular formula is C21H25N5O. The van der Waals surface area contributed by atoms with Crippen molar-refractivity contribution in [1.29, 1.82) is 5.26 Å². The molecule has 1 aliphatic heterocycles. The van der Waals surface area contributed by atoms with Crippen LogP contribution in [0.1, 0.15) is 36.0 Å². The van der Waals surface area contributed by atoms with Crippen LogP contribution in [-0.2, 0) is 23.8 Å². The average Bonchev–Trinajstić information content (AvgIpc) is 3.41. The molecule has 0 spiro atoms. The van der Waals surface area contributed by atoms with Crippen LogP contribution in [-0.4, -0.2) is 29.2 Å². The fraction of sp³-hybridized carbons (Fsp3) is 0.381. The van der Waals surface area contributed by atoms with E-state index >= 15 is 0 Å². The number of aromatic nitrogens is 2. The molecule has 0 amide bonds. The molecule has 2 aromatic rings. The summed E-state index contributed by atoms with van der Waals surface area (Å²) >= 11 is 0. The summed E-state index contributed by atoms with van der Waals surface area (Å²) in [7, 11) is 3.97. The van der Waals surface area contributed by atoms with Crippen LogP contribution in [0.4, 0.5) is 5.69 Å². The van der Waals surface area contributed by atoms with E-state index in [2.05, 4.69) is 28.0 Å². The molecule has 0 saturated heterocycles. The lowest BCUT2D eigenvalue weighted by Crippen LogP contribution is -2.23. The van der Waals surface area contributed by atoms with Crippen molar-refractivity contribution in [3.8, 4) is 6.07 Å². The minimum atomic E-state index is 0.0617. The van der Waals surface area contributed by atoms with Crippen molar-refractivity contribution in [3.05, 3.63) is 59.4 Å². The number of nitrogens with zero attached hydrogens (tertiary/aromatic N) is 3. The summed E-state index contributed by atoms with van der Waals surface area (Å²) in [5, 5.41) is 19.6. The van der Waals surface area contributed by atoms with Gasteiger partial charge in [-0.05, 0) is 50.1 Å². The predicted octanol–water partition coefficient (Wildman–Crippen LogP) is 2.67. The van der Waals surface area contributed by atoms with Crippen LogP contribution >= 0.6 is 0 Å². The first-order chi connectivity index (χ1) is 13.1. The molecular weight excluding hydrogens is 338 g/mol. The normalized spacial score (nSPS) is 18.8.